The van der Waals surface area contributed by atoms with Crippen molar-refractivity contribution in [3.8, 4) is 0 Å². The van der Waals surface area contributed by atoms with Crippen LogP contribution in [0.5, 0.6) is 0 Å². The summed E-state index contributed by atoms with van der Waals surface area (Å²) in [4.78, 5) is 58.4. The van der Waals surface area contributed by atoms with E-state index in [4.69, 9.17) is 9.84 Å². The van der Waals surface area contributed by atoms with E-state index in [0.29, 0.717) is 17.6 Å². The van der Waals surface area contributed by atoms with E-state index in [1.165, 1.54) is 18.7 Å². The molecule has 0 aromatic heterocycles. The number of amides is 2. The Kier molecular flexibility index (Phi) is 9.82. The van der Waals surface area contributed by atoms with Crippen LogP contribution in [0.4, 0.5) is 0 Å². The Hall–Kier alpha value is -3.87. The number of fused-ring (bicyclic) bond motifs is 1. The number of benzene rings is 1. The molecule has 35 heavy (non-hydrogen) atoms. The number of ether oxygens (including phenoxy) is 1. The zero-order chi connectivity index (χ0) is 26.1. The summed E-state index contributed by atoms with van der Waals surface area (Å²) in [6.45, 7) is 2.81. The highest BCUT2D eigenvalue weighted by molar-refractivity contribution is 8.00. The fraction of sp³-hybridized carbons (Fsp3) is 0.364. The zero-order valence-corrected chi connectivity index (χ0v) is 19.8. The molecule has 0 bridgehead atoms. The number of carboxylic acids is 2. The number of rotatable bonds is 8. The molecule has 1 saturated heterocycles. The lowest BCUT2D eigenvalue weighted by molar-refractivity contribution is -0.150. The highest BCUT2D eigenvalue weighted by Crippen LogP contribution is 2.40. The lowest BCUT2D eigenvalue weighted by Crippen LogP contribution is -2.71. The fourth-order valence-electron chi connectivity index (χ4n) is 3.24. The van der Waals surface area contributed by atoms with Crippen molar-refractivity contribution in [2.75, 3.05) is 12.4 Å². The first-order chi connectivity index (χ1) is 16.6. The van der Waals surface area contributed by atoms with Gasteiger partial charge in [0.2, 0.25) is 0 Å². The Bertz CT molecular complexity index is 1060. The van der Waals surface area contributed by atoms with Crippen molar-refractivity contribution in [3.05, 3.63) is 47.2 Å². The lowest BCUT2D eigenvalue weighted by atomic mass is 10.0. The number of aliphatic carboxylic acids is 2. The molecule has 0 unspecified atom stereocenters. The van der Waals surface area contributed by atoms with E-state index in [9.17, 15) is 34.3 Å². The van der Waals surface area contributed by atoms with Gasteiger partial charge in [0.25, 0.3) is 11.8 Å². The van der Waals surface area contributed by atoms with Crippen LogP contribution in [-0.2, 0) is 28.7 Å². The molecule has 13 heteroatoms. The molecular formula is C22H25N3O9S. The smallest absolute Gasteiger partial charge is 0.352 e. The highest BCUT2D eigenvalue weighted by atomic mass is 32.2. The molecule has 3 rings (SSSR count). The van der Waals surface area contributed by atoms with Crippen LogP contribution < -0.4 is 5.32 Å². The molecule has 1 aromatic rings. The van der Waals surface area contributed by atoms with Gasteiger partial charge in [-0.2, -0.15) is 0 Å². The van der Waals surface area contributed by atoms with Gasteiger partial charge in [0.15, 0.2) is 5.71 Å². The molecule has 2 atom stereocenters. The van der Waals surface area contributed by atoms with Gasteiger partial charge < -0.3 is 25.5 Å². The van der Waals surface area contributed by atoms with E-state index in [1.54, 1.807) is 30.3 Å². The Labute approximate surface area is 204 Å². The molecule has 1 fully saturated rings. The SMILES string of the molecule is CC(=O)OCC1=C(C(=O)O)N2C(=O)[C@@H](NC(=O)C(=NO)c3ccccc3)[C@H]2SC1.CCCC(=O)O. The van der Waals surface area contributed by atoms with Crippen LogP contribution in [0.2, 0.25) is 0 Å². The molecule has 4 N–H and O–H groups in total. The third-order valence-electron chi connectivity index (χ3n) is 4.81. The minimum Gasteiger partial charge on any atom is -0.481 e. The topological polar surface area (TPSA) is 183 Å². The molecule has 12 nitrogen and oxygen atoms in total. The van der Waals surface area contributed by atoms with Crippen molar-refractivity contribution in [1.29, 1.82) is 0 Å². The van der Waals surface area contributed by atoms with Crippen LogP contribution in [0.3, 0.4) is 0 Å². The first-order valence-electron chi connectivity index (χ1n) is 10.5. The maximum absolute atomic E-state index is 12.6. The molecule has 0 aliphatic carbocycles. The summed E-state index contributed by atoms with van der Waals surface area (Å²) in [6, 6.07) is 7.23. The maximum atomic E-state index is 12.6. The number of nitrogens with zero attached hydrogens (tertiary/aromatic N) is 2. The molecule has 0 spiro atoms. The summed E-state index contributed by atoms with van der Waals surface area (Å²) in [5.74, 6) is -3.75. The molecular weight excluding hydrogens is 482 g/mol. The number of oxime groups is 1. The normalized spacial score (nSPS) is 19.0. The van der Waals surface area contributed by atoms with Crippen molar-refractivity contribution in [3.63, 3.8) is 0 Å². The van der Waals surface area contributed by atoms with E-state index in [2.05, 4.69) is 10.5 Å². The number of hydrogen-bond acceptors (Lipinski definition) is 9. The zero-order valence-electron chi connectivity index (χ0n) is 19.0. The van der Waals surface area contributed by atoms with Gasteiger partial charge in [-0.05, 0) is 6.42 Å². The predicted molar refractivity (Wildman–Crippen MR) is 124 cm³/mol. The molecule has 2 amide bonds. The second kappa shape index (κ2) is 12.6. The number of carbonyl (C=O) groups excluding carboxylic acids is 3. The minimum absolute atomic E-state index is 0.218. The van der Waals surface area contributed by atoms with E-state index >= 15 is 0 Å². The first-order valence-corrected chi connectivity index (χ1v) is 11.5. The van der Waals surface area contributed by atoms with Crippen molar-refractivity contribution in [2.24, 2.45) is 5.16 Å². The average Bonchev–Trinajstić information content (AvgIpc) is 2.81. The summed E-state index contributed by atoms with van der Waals surface area (Å²) < 4.78 is 4.87. The number of β-lactam (4-membered cyclic amide) rings is 1. The summed E-state index contributed by atoms with van der Waals surface area (Å²) >= 11 is 1.24. The Morgan fingerprint density at radius 2 is 1.86 bits per heavy atom. The van der Waals surface area contributed by atoms with E-state index in [-0.39, 0.29) is 23.8 Å². The van der Waals surface area contributed by atoms with Crippen LogP contribution in [0.25, 0.3) is 0 Å². The number of carboxylic acid groups (broad SMARTS) is 2. The van der Waals surface area contributed by atoms with Crippen molar-refractivity contribution in [2.45, 2.75) is 38.1 Å². The number of thioether (sulfide) groups is 1. The second-order valence-electron chi connectivity index (χ2n) is 7.36. The van der Waals surface area contributed by atoms with Gasteiger partial charge in [0, 0.05) is 30.2 Å². The van der Waals surface area contributed by atoms with Crippen LogP contribution in [-0.4, -0.2) is 79.5 Å². The monoisotopic (exact) mass is 507 g/mol. The summed E-state index contributed by atoms with van der Waals surface area (Å²) in [5, 5.41) is 31.5. The Balaban J connectivity index is 0.000000641. The summed E-state index contributed by atoms with van der Waals surface area (Å²) in [5.41, 5.74) is 0.156. The largest absolute Gasteiger partial charge is 0.481 e. The van der Waals surface area contributed by atoms with Gasteiger partial charge in [0.05, 0.1) is 0 Å². The standard InChI is InChI=1S/C18H17N3O7S.C4H8O2/c1-9(22)28-7-11-8-29-17-13(16(24)21(17)14(11)18(25)26)19-15(23)12(20-27)10-5-3-2-4-6-10;1-2-3-4(5)6/h2-6,13,17,27H,7-8H2,1H3,(H,19,23)(H,25,26);2-3H2,1H3,(H,5,6)/t13-,17-;/m1./s1. The number of esters is 1. The van der Waals surface area contributed by atoms with Crippen LogP contribution in [0.1, 0.15) is 32.3 Å². The van der Waals surface area contributed by atoms with Crippen molar-refractivity contribution < 1.29 is 44.1 Å². The maximum Gasteiger partial charge on any atom is 0.352 e. The molecule has 2 heterocycles. The van der Waals surface area contributed by atoms with Gasteiger partial charge in [0.1, 0.15) is 23.7 Å². The molecule has 1 aromatic carbocycles. The molecule has 2 aliphatic rings. The first kappa shape index (κ1) is 27.4. The Morgan fingerprint density at radius 3 is 2.34 bits per heavy atom. The highest BCUT2D eigenvalue weighted by Gasteiger charge is 2.54. The molecule has 2 aliphatic heterocycles. The minimum atomic E-state index is -1.32. The van der Waals surface area contributed by atoms with Gasteiger partial charge >= 0.3 is 17.9 Å². The van der Waals surface area contributed by atoms with Gasteiger partial charge in [-0.25, -0.2) is 4.79 Å². The number of carbonyl (C=O) groups is 5. The third-order valence-corrected chi connectivity index (χ3v) is 6.15. The molecule has 0 saturated carbocycles. The number of nitrogens with one attached hydrogen (secondary N) is 1. The summed E-state index contributed by atoms with van der Waals surface area (Å²) in [7, 11) is 0. The van der Waals surface area contributed by atoms with E-state index < -0.39 is 41.1 Å². The third kappa shape index (κ3) is 6.82. The van der Waals surface area contributed by atoms with Crippen LogP contribution in [0, 0.1) is 0 Å². The lowest BCUT2D eigenvalue weighted by Gasteiger charge is -2.49. The number of hydrogen-bond donors (Lipinski definition) is 4. The van der Waals surface area contributed by atoms with E-state index in [0.717, 1.165) is 11.3 Å². The van der Waals surface area contributed by atoms with Crippen LogP contribution >= 0.6 is 11.8 Å². The fourth-order valence-corrected chi connectivity index (χ4v) is 4.56. The quantitative estimate of drug-likeness (QED) is 0.130. The average molecular weight is 508 g/mol. The van der Waals surface area contributed by atoms with Crippen molar-refractivity contribution >= 4 is 47.2 Å². The van der Waals surface area contributed by atoms with Crippen molar-refractivity contribution in [1.82, 2.24) is 10.2 Å². The predicted octanol–water partition coefficient (Wildman–Crippen LogP) is 1.04. The van der Waals surface area contributed by atoms with Crippen LogP contribution in [0.15, 0.2) is 46.8 Å². The van der Waals surface area contributed by atoms with Gasteiger partial charge in [-0.15, -0.1) is 11.8 Å². The molecule has 0 radical (unpaired) electrons. The van der Waals surface area contributed by atoms with Gasteiger partial charge in [-0.3, -0.25) is 24.1 Å². The van der Waals surface area contributed by atoms with Gasteiger partial charge in [-0.1, -0.05) is 42.4 Å². The van der Waals surface area contributed by atoms with E-state index in [1.807, 2.05) is 6.92 Å². The Morgan fingerprint density at radius 1 is 1.20 bits per heavy atom. The summed E-state index contributed by atoms with van der Waals surface area (Å²) in [6.07, 6.45) is 1.02. The second-order valence-corrected chi connectivity index (χ2v) is 8.46. The molecule has 188 valence electrons.